The molecule has 1 aromatic carbocycles. The van der Waals surface area contributed by atoms with Crippen LogP contribution in [0.5, 0.6) is 0 Å². The van der Waals surface area contributed by atoms with Gasteiger partial charge in [-0.2, -0.15) is 0 Å². The fourth-order valence-corrected chi connectivity index (χ4v) is 9.87. The largest absolute Gasteiger partial charge is 0.396 e. The van der Waals surface area contributed by atoms with E-state index in [4.69, 9.17) is 0 Å². The molecule has 3 saturated heterocycles. The number of hydrogen-bond acceptors (Lipinski definition) is 6. The van der Waals surface area contributed by atoms with Crippen molar-refractivity contribution in [3.8, 4) is 0 Å². The van der Waals surface area contributed by atoms with Crippen molar-refractivity contribution in [3.63, 3.8) is 0 Å². The molecule has 8 nitrogen and oxygen atoms in total. The number of carbonyl (C=O) groups is 3. The lowest BCUT2D eigenvalue weighted by molar-refractivity contribution is -0.143. The molecule has 9 heteroatoms. The first-order chi connectivity index (χ1) is 20.2. The third kappa shape index (κ3) is 5.50. The van der Waals surface area contributed by atoms with Gasteiger partial charge in [0.15, 0.2) is 0 Å². The Morgan fingerprint density at radius 2 is 1.69 bits per heavy atom. The SMILES string of the molecule is C=CCN(C)C(=O)[C@@H]1[C@@H]2CC(C)C3(S2)C(C(=O)N(CC=C)c2ccc(N(CC)CC)cc2)N(CCCCCO)C(=O)[C@H]13. The summed E-state index contributed by atoms with van der Waals surface area (Å²) in [4.78, 5) is 50.4. The maximum absolute atomic E-state index is 14.8. The number of hydrogen-bond donors (Lipinski definition) is 1. The third-order valence-electron chi connectivity index (χ3n) is 9.47. The van der Waals surface area contributed by atoms with Crippen LogP contribution in [0.1, 0.15) is 46.5 Å². The van der Waals surface area contributed by atoms with Crippen LogP contribution < -0.4 is 9.80 Å². The minimum Gasteiger partial charge on any atom is -0.396 e. The molecule has 230 valence electrons. The fourth-order valence-electron chi connectivity index (χ4n) is 7.46. The zero-order chi connectivity index (χ0) is 30.6. The van der Waals surface area contributed by atoms with Gasteiger partial charge in [0, 0.05) is 63.0 Å². The van der Waals surface area contributed by atoms with Crippen molar-refractivity contribution in [2.45, 2.75) is 62.5 Å². The average molecular weight is 597 g/mol. The van der Waals surface area contributed by atoms with Gasteiger partial charge >= 0.3 is 0 Å². The van der Waals surface area contributed by atoms with Gasteiger partial charge in [0.1, 0.15) is 6.04 Å². The van der Waals surface area contributed by atoms with Crippen LogP contribution in [-0.2, 0) is 14.4 Å². The first-order valence-corrected chi connectivity index (χ1v) is 16.3. The minimum absolute atomic E-state index is 0.00163. The summed E-state index contributed by atoms with van der Waals surface area (Å²) in [5.74, 6) is -1.14. The van der Waals surface area contributed by atoms with E-state index in [-0.39, 0.29) is 35.5 Å². The van der Waals surface area contributed by atoms with Crippen LogP contribution >= 0.6 is 11.8 Å². The molecule has 3 heterocycles. The number of nitrogens with zero attached hydrogens (tertiary/aromatic N) is 4. The molecule has 2 bridgehead atoms. The van der Waals surface area contributed by atoms with Crippen molar-refractivity contribution in [2.24, 2.45) is 17.8 Å². The number of aliphatic hydroxyl groups excluding tert-OH is 1. The number of likely N-dealkylation sites (tertiary alicyclic amines) is 1. The van der Waals surface area contributed by atoms with Crippen LogP contribution in [0, 0.1) is 17.8 Å². The van der Waals surface area contributed by atoms with Crippen molar-refractivity contribution in [1.82, 2.24) is 9.80 Å². The second-order valence-corrected chi connectivity index (χ2v) is 13.4. The molecule has 3 aliphatic heterocycles. The zero-order valence-electron chi connectivity index (χ0n) is 25.7. The summed E-state index contributed by atoms with van der Waals surface area (Å²) in [5.41, 5.74) is 1.87. The Morgan fingerprint density at radius 1 is 1.05 bits per heavy atom. The summed E-state index contributed by atoms with van der Waals surface area (Å²) in [6.45, 7) is 17.2. The summed E-state index contributed by atoms with van der Waals surface area (Å²) >= 11 is 1.70. The molecule has 3 fully saturated rings. The van der Waals surface area contributed by atoms with Gasteiger partial charge in [-0.25, -0.2) is 0 Å². The van der Waals surface area contributed by atoms with E-state index < -0.39 is 22.6 Å². The van der Waals surface area contributed by atoms with Gasteiger partial charge in [-0.15, -0.1) is 24.9 Å². The summed E-state index contributed by atoms with van der Waals surface area (Å²) in [7, 11) is 1.76. The second-order valence-electron chi connectivity index (χ2n) is 11.8. The summed E-state index contributed by atoms with van der Waals surface area (Å²) in [6, 6.07) is 7.36. The molecule has 1 N–H and O–H groups in total. The van der Waals surface area contributed by atoms with Crippen LogP contribution in [-0.4, -0.2) is 95.0 Å². The van der Waals surface area contributed by atoms with Crippen LogP contribution in [0.25, 0.3) is 0 Å². The molecule has 3 aliphatic rings. The number of unbranched alkanes of at least 4 members (excludes halogenated alkanes) is 2. The molecule has 3 amide bonds. The Kier molecular flexibility index (Phi) is 10.5. The van der Waals surface area contributed by atoms with Gasteiger partial charge in [0.05, 0.1) is 16.6 Å². The van der Waals surface area contributed by atoms with E-state index in [0.29, 0.717) is 32.5 Å². The Labute approximate surface area is 255 Å². The molecular formula is C33H48N4O4S. The van der Waals surface area contributed by atoms with Crippen molar-refractivity contribution in [1.29, 1.82) is 0 Å². The van der Waals surface area contributed by atoms with E-state index in [0.717, 1.165) is 37.3 Å². The Morgan fingerprint density at radius 3 is 2.29 bits per heavy atom. The molecule has 42 heavy (non-hydrogen) atoms. The lowest BCUT2D eigenvalue weighted by Crippen LogP contribution is -2.57. The number of likely N-dealkylation sites (N-methyl/N-ethyl adjacent to an activating group) is 1. The number of rotatable bonds is 15. The number of fused-ring (bicyclic) bond motifs is 1. The lowest BCUT2D eigenvalue weighted by atomic mass is 9.65. The number of benzene rings is 1. The Balaban J connectivity index is 1.75. The summed E-state index contributed by atoms with van der Waals surface area (Å²) in [6.07, 6.45) is 6.33. The maximum atomic E-state index is 14.8. The van der Waals surface area contributed by atoms with E-state index in [2.05, 4.69) is 38.8 Å². The fraction of sp³-hybridized carbons (Fsp3) is 0.606. The van der Waals surface area contributed by atoms with E-state index in [1.165, 1.54) is 0 Å². The van der Waals surface area contributed by atoms with Crippen LogP contribution in [0.3, 0.4) is 0 Å². The molecule has 1 aromatic rings. The standard InChI is InChI=1S/C33H48N4O4S/c1-7-18-34(6)30(39)27-26-22-23(5)33(42-26)28(27)31(40)37(20-12-11-13-21-38)29(33)32(41)36(19-8-2)25-16-14-24(15-17-25)35(9-3)10-4/h7-8,14-17,23,26-29,38H,1-2,9-13,18-22H2,3-6H3/t23?,26-,27+,28-,29?,33?/m0/s1. The summed E-state index contributed by atoms with van der Waals surface area (Å²) in [5, 5.41) is 9.33. The average Bonchev–Trinajstić information content (AvgIpc) is 3.58. The number of amides is 3. The predicted octanol–water partition coefficient (Wildman–Crippen LogP) is 4.20. The first kappa shape index (κ1) is 32.1. The number of carbonyl (C=O) groups excluding carboxylic acids is 3. The molecule has 0 radical (unpaired) electrons. The maximum Gasteiger partial charge on any atom is 0.251 e. The van der Waals surface area contributed by atoms with Crippen molar-refractivity contribution in [3.05, 3.63) is 49.6 Å². The molecular weight excluding hydrogens is 548 g/mol. The second kappa shape index (κ2) is 13.7. The van der Waals surface area contributed by atoms with E-state index >= 15 is 0 Å². The molecule has 6 atom stereocenters. The van der Waals surface area contributed by atoms with Gasteiger partial charge in [0.2, 0.25) is 11.8 Å². The normalized spacial score (nSPS) is 27.6. The number of thioether (sulfide) groups is 1. The third-order valence-corrected chi connectivity index (χ3v) is 11.5. The quantitative estimate of drug-likeness (QED) is 0.242. The van der Waals surface area contributed by atoms with Gasteiger partial charge in [-0.05, 0) is 69.7 Å². The van der Waals surface area contributed by atoms with Crippen molar-refractivity contribution in [2.75, 3.05) is 56.2 Å². The van der Waals surface area contributed by atoms with Crippen LogP contribution in [0.4, 0.5) is 11.4 Å². The summed E-state index contributed by atoms with van der Waals surface area (Å²) < 4.78 is -0.675. The molecule has 4 rings (SSSR count). The number of anilines is 2. The highest BCUT2D eigenvalue weighted by molar-refractivity contribution is 8.02. The Bertz CT molecular complexity index is 1160. The zero-order valence-corrected chi connectivity index (χ0v) is 26.5. The van der Waals surface area contributed by atoms with E-state index in [1.54, 1.807) is 45.7 Å². The highest BCUT2D eigenvalue weighted by atomic mass is 32.2. The minimum atomic E-state index is -0.681. The first-order valence-electron chi connectivity index (χ1n) is 15.4. The molecule has 0 aliphatic carbocycles. The molecule has 1 spiro atoms. The van der Waals surface area contributed by atoms with E-state index in [1.807, 2.05) is 24.3 Å². The molecule has 3 unspecified atom stereocenters. The topological polar surface area (TPSA) is 84.4 Å². The highest BCUT2D eigenvalue weighted by Crippen LogP contribution is 2.69. The smallest absolute Gasteiger partial charge is 0.251 e. The van der Waals surface area contributed by atoms with Crippen LogP contribution in [0.2, 0.25) is 0 Å². The van der Waals surface area contributed by atoms with Gasteiger partial charge in [0.25, 0.3) is 5.91 Å². The van der Waals surface area contributed by atoms with Crippen molar-refractivity contribution >= 4 is 40.9 Å². The number of aliphatic hydroxyl groups is 1. The molecule has 0 aromatic heterocycles. The predicted molar refractivity (Wildman–Crippen MR) is 172 cm³/mol. The van der Waals surface area contributed by atoms with Crippen LogP contribution in [0.15, 0.2) is 49.6 Å². The van der Waals surface area contributed by atoms with Gasteiger partial charge in [-0.3, -0.25) is 14.4 Å². The van der Waals surface area contributed by atoms with E-state index in [9.17, 15) is 19.5 Å². The molecule has 0 saturated carbocycles. The van der Waals surface area contributed by atoms with Gasteiger partial charge < -0.3 is 24.7 Å². The Hall–Kier alpha value is -2.78. The lowest BCUT2D eigenvalue weighted by Gasteiger charge is -2.41. The van der Waals surface area contributed by atoms with Gasteiger partial charge in [-0.1, -0.05) is 19.1 Å². The monoisotopic (exact) mass is 596 g/mol. The van der Waals surface area contributed by atoms with Crippen molar-refractivity contribution < 1.29 is 19.5 Å². The highest BCUT2D eigenvalue weighted by Gasteiger charge is 2.76.